The number of rotatable bonds is 7. The zero-order valence-corrected chi connectivity index (χ0v) is 18.9. The van der Waals surface area contributed by atoms with Gasteiger partial charge in [-0.05, 0) is 50.6 Å². The van der Waals surface area contributed by atoms with E-state index in [1.54, 1.807) is 18.4 Å². The molecular weight excluding hydrogens is 402 g/mol. The number of para-hydroxylation sites is 1. The van der Waals surface area contributed by atoms with E-state index in [0.29, 0.717) is 12.3 Å². The molecule has 1 aliphatic heterocycles. The van der Waals surface area contributed by atoms with Gasteiger partial charge >= 0.3 is 0 Å². The topological polar surface area (TPSA) is 57.8 Å². The number of carbonyl (C=O) groups excluding carboxylic acids is 1. The Balaban J connectivity index is 1.52. The predicted octanol–water partition coefficient (Wildman–Crippen LogP) is 3.72. The molecular formula is C25H31N5O2. The first-order chi connectivity index (χ1) is 15.7. The Morgan fingerprint density at radius 3 is 2.47 bits per heavy atom. The molecule has 0 atom stereocenters. The van der Waals surface area contributed by atoms with Crippen molar-refractivity contribution in [1.82, 2.24) is 19.6 Å². The van der Waals surface area contributed by atoms with Crippen molar-refractivity contribution in [2.75, 3.05) is 37.6 Å². The van der Waals surface area contributed by atoms with Crippen LogP contribution in [0.4, 0.5) is 5.82 Å². The highest BCUT2D eigenvalue weighted by Gasteiger charge is 2.36. The molecule has 2 fully saturated rings. The van der Waals surface area contributed by atoms with Gasteiger partial charge in [0.25, 0.3) is 5.91 Å². The van der Waals surface area contributed by atoms with Crippen molar-refractivity contribution >= 4 is 11.7 Å². The first-order valence-electron chi connectivity index (χ1n) is 11.6. The van der Waals surface area contributed by atoms with E-state index in [9.17, 15) is 4.79 Å². The smallest absolute Gasteiger partial charge is 0.290 e. The Hall–Kier alpha value is -3.06. The van der Waals surface area contributed by atoms with Crippen LogP contribution in [0, 0.1) is 6.92 Å². The predicted molar refractivity (Wildman–Crippen MR) is 124 cm³/mol. The first-order valence-corrected chi connectivity index (χ1v) is 11.6. The molecule has 0 bridgehead atoms. The van der Waals surface area contributed by atoms with E-state index in [4.69, 9.17) is 9.52 Å². The molecule has 0 radical (unpaired) electrons. The van der Waals surface area contributed by atoms with Crippen molar-refractivity contribution in [3.63, 3.8) is 0 Å². The lowest BCUT2D eigenvalue weighted by atomic mass is 10.1. The van der Waals surface area contributed by atoms with Crippen molar-refractivity contribution < 1.29 is 9.21 Å². The van der Waals surface area contributed by atoms with Crippen LogP contribution in [0.3, 0.4) is 0 Å². The second kappa shape index (κ2) is 8.82. The minimum absolute atomic E-state index is 0.0360. The number of amides is 1. The van der Waals surface area contributed by atoms with Crippen molar-refractivity contribution in [1.29, 1.82) is 0 Å². The van der Waals surface area contributed by atoms with Gasteiger partial charge in [0.15, 0.2) is 5.76 Å². The van der Waals surface area contributed by atoms with E-state index in [1.807, 2.05) is 23.1 Å². The minimum Gasteiger partial charge on any atom is -0.459 e. The molecule has 7 heteroatoms. The Labute approximate surface area is 189 Å². The Morgan fingerprint density at radius 1 is 1.09 bits per heavy atom. The van der Waals surface area contributed by atoms with Gasteiger partial charge in [-0.3, -0.25) is 4.79 Å². The Bertz CT molecular complexity index is 1050. The van der Waals surface area contributed by atoms with E-state index in [0.717, 1.165) is 68.3 Å². The van der Waals surface area contributed by atoms with Crippen LogP contribution in [0.1, 0.15) is 41.6 Å². The summed E-state index contributed by atoms with van der Waals surface area (Å²) in [5.74, 6) is 1.48. The zero-order valence-electron chi connectivity index (χ0n) is 18.9. The largest absolute Gasteiger partial charge is 0.459 e. The number of nitrogens with zero attached hydrogens (tertiary/aromatic N) is 5. The maximum Gasteiger partial charge on any atom is 0.290 e. The van der Waals surface area contributed by atoms with Crippen LogP contribution in [0.5, 0.6) is 0 Å². The number of aryl methyl sites for hydroxylation is 1. The highest BCUT2D eigenvalue weighted by Crippen LogP contribution is 2.34. The van der Waals surface area contributed by atoms with Gasteiger partial charge in [0.1, 0.15) is 5.82 Å². The van der Waals surface area contributed by atoms with Gasteiger partial charge in [0.05, 0.1) is 24.2 Å². The number of benzene rings is 1. The van der Waals surface area contributed by atoms with Crippen LogP contribution in [-0.2, 0) is 6.54 Å². The lowest BCUT2D eigenvalue weighted by Crippen LogP contribution is -2.47. The summed E-state index contributed by atoms with van der Waals surface area (Å²) < 4.78 is 7.50. The van der Waals surface area contributed by atoms with Gasteiger partial charge in [-0.2, -0.15) is 5.10 Å². The molecule has 2 aromatic heterocycles. The van der Waals surface area contributed by atoms with Crippen LogP contribution < -0.4 is 4.90 Å². The third-order valence-corrected chi connectivity index (χ3v) is 6.59. The normalized spacial score (nSPS) is 17.0. The molecule has 7 nitrogen and oxygen atoms in total. The molecule has 168 valence electrons. The third kappa shape index (κ3) is 4.05. The van der Waals surface area contributed by atoms with Crippen molar-refractivity contribution in [3.05, 3.63) is 65.7 Å². The summed E-state index contributed by atoms with van der Waals surface area (Å²) in [5.41, 5.74) is 3.15. The zero-order chi connectivity index (χ0) is 22.1. The third-order valence-electron chi connectivity index (χ3n) is 6.59. The molecule has 3 aromatic rings. The van der Waals surface area contributed by atoms with Crippen LogP contribution in [-0.4, -0.2) is 64.3 Å². The standard InChI is InChI=1S/C25H31N5O2/c1-3-27-13-15-28(16-14-27)24-22(19(2)26-30(24)21-8-5-4-6-9-21)18-29(20-11-12-20)25(31)23-10-7-17-32-23/h4-10,17,20H,3,11-16,18H2,1-2H3. The number of aromatic nitrogens is 2. The van der Waals surface area contributed by atoms with Gasteiger partial charge in [0.2, 0.25) is 0 Å². The van der Waals surface area contributed by atoms with E-state index in [2.05, 4.69) is 40.5 Å². The summed E-state index contributed by atoms with van der Waals surface area (Å²) in [7, 11) is 0. The van der Waals surface area contributed by atoms with E-state index < -0.39 is 0 Å². The lowest BCUT2D eigenvalue weighted by Gasteiger charge is -2.36. The van der Waals surface area contributed by atoms with Gasteiger partial charge in [-0.1, -0.05) is 25.1 Å². The number of anilines is 1. The van der Waals surface area contributed by atoms with E-state index >= 15 is 0 Å². The Morgan fingerprint density at radius 2 is 1.84 bits per heavy atom. The minimum atomic E-state index is -0.0360. The summed E-state index contributed by atoms with van der Waals surface area (Å²) >= 11 is 0. The van der Waals surface area contributed by atoms with E-state index in [-0.39, 0.29) is 11.9 Å². The number of carbonyl (C=O) groups is 1. The molecule has 0 unspecified atom stereocenters. The summed E-state index contributed by atoms with van der Waals surface area (Å²) in [6, 6.07) is 14.1. The number of furan rings is 1. The number of hydrogen-bond acceptors (Lipinski definition) is 5. The van der Waals surface area contributed by atoms with Crippen molar-refractivity contribution in [2.24, 2.45) is 0 Å². The number of piperazine rings is 1. The first kappa shape index (κ1) is 20.8. The van der Waals surface area contributed by atoms with Gasteiger partial charge in [-0.25, -0.2) is 4.68 Å². The fraction of sp³-hybridized carbons (Fsp3) is 0.440. The molecule has 0 spiro atoms. The molecule has 1 aromatic carbocycles. The molecule has 1 aliphatic carbocycles. The molecule has 1 saturated carbocycles. The molecule has 5 rings (SSSR count). The van der Waals surface area contributed by atoms with Crippen molar-refractivity contribution in [3.8, 4) is 5.69 Å². The number of hydrogen-bond donors (Lipinski definition) is 0. The monoisotopic (exact) mass is 433 g/mol. The van der Waals surface area contributed by atoms with E-state index in [1.165, 1.54) is 0 Å². The fourth-order valence-electron chi connectivity index (χ4n) is 4.55. The molecule has 1 amide bonds. The maximum absolute atomic E-state index is 13.2. The van der Waals surface area contributed by atoms with Gasteiger partial charge < -0.3 is 19.1 Å². The van der Waals surface area contributed by atoms with Crippen LogP contribution >= 0.6 is 0 Å². The van der Waals surface area contributed by atoms with Crippen LogP contribution in [0.25, 0.3) is 5.69 Å². The second-order valence-corrected chi connectivity index (χ2v) is 8.70. The summed E-state index contributed by atoms with van der Waals surface area (Å²) in [5, 5.41) is 4.95. The van der Waals surface area contributed by atoms with Crippen LogP contribution in [0.15, 0.2) is 53.1 Å². The average molecular weight is 434 g/mol. The van der Waals surface area contributed by atoms with Crippen LogP contribution in [0.2, 0.25) is 0 Å². The maximum atomic E-state index is 13.2. The lowest BCUT2D eigenvalue weighted by molar-refractivity contribution is 0.0697. The van der Waals surface area contributed by atoms with Crippen molar-refractivity contribution in [2.45, 2.75) is 39.3 Å². The van der Waals surface area contributed by atoms with Gasteiger partial charge in [-0.15, -0.1) is 0 Å². The fourth-order valence-corrected chi connectivity index (χ4v) is 4.55. The van der Waals surface area contributed by atoms with Gasteiger partial charge in [0, 0.05) is 37.8 Å². The molecule has 32 heavy (non-hydrogen) atoms. The highest BCUT2D eigenvalue weighted by molar-refractivity contribution is 5.92. The summed E-state index contributed by atoms with van der Waals surface area (Å²) in [6.45, 7) is 9.87. The molecule has 3 heterocycles. The summed E-state index contributed by atoms with van der Waals surface area (Å²) in [6.07, 6.45) is 3.65. The molecule has 0 N–H and O–H groups in total. The quantitative estimate of drug-likeness (QED) is 0.568. The average Bonchev–Trinajstić information content (AvgIpc) is 3.41. The second-order valence-electron chi connectivity index (χ2n) is 8.70. The highest BCUT2D eigenvalue weighted by atomic mass is 16.3. The molecule has 2 aliphatic rings. The summed E-state index contributed by atoms with van der Waals surface area (Å²) in [4.78, 5) is 20.1. The molecule has 1 saturated heterocycles. The Kier molecular flexibility index (Phi) is 5.74. The SMILES string of the molecule is CCN1CCN(c2c(CN(C(=O)c3ccco3)C3CC3)c(C)nn2-c2ccccc2)CC1. The number of likely N-dealkylation sites (N-methyl/N-ethyl adjacent to an activating group) is 1.